The van der Waals surface area contributed by atoms with Crippen molar-refractivity contribution in [2.24, 2.45) is 0 Å². The number of nitro benzene ring substituents is 1. The van der Waals surface area contributed by atoms with Gasteiger partial charge in [0, 0.05) is 17.2 Å². The predicted molar refractivity (Wildman–Crippen MR) is 128 cm³/mol. The fraction of sp³-hybridized carbons (Fsp3) is 0.0870. The second kappa shape index (κ2) is 10.6. The number of halogens is 3. The number of nitrogens with zero attached hydrogens (tertiary/aromatic N) is 1. The molecule has 3 rings (SSSR count). The largest absolute Gasteiger partial charge is 0.449 e. The lowest BCUT2D eigenvalue weighted by Crippen LogP contribution is -2.30. The molecule has 3 aromatic carbocycles. The highest BCUT2D eigenvalue weighted by molar-refractivity contribution is 6.44. The molecule has 0 fully saturated rings. The number of carbonyl (C=O) groups is 3. The summed E-state index contributed by atoms with van der Waals surface area (Å²) in [5.41, 5.74) is -0.433. The molecule has 0 unspecified atom stereocenters. The van der Waals surface area contributed by atoms with Gasteiger partial charge in [-0.2, -0.15) is 0 Å². The van der Waals surface area contributed by atoms with Crippen molar-refractivity contribution in [1.82, 2.24) is 0 Å². The van der Waals surface area contributed by atoms with Crippen molar-refractivity contribution in [3.8, 4) is 0 Å². The normalized spacial score (nSPS) is 11.4. The van der Waals surface area contributed by atoms with Gasteiger partial charge in [0.2, 0.25) is 0 Å². The van der Waals surface area contributed by atoms with E-state index in [2.05, 4.69) is 5.32 Å². The molecule has 1 amide bonds. The number of hydrogen-bond donors (Lipinski definition) is 1. The van der Waals surface area contributed by atoms with Gasteiger partial charge in [0.1, 0.15) is 5.02 Å². The van der Waals surface area contributed by atoms with Crippen LogP contribution in [-0.2, 0) is 9.53 Å². The van der Waals surface area contributed by atoms with E-state index < -0.39 is 34.4 Å². The topological polar surface area (TPSA) is 116 Å². The smallest absolute Gasteiger partial charge is 0.339 e. The van der Waals surface area contributed by atoms with Crippen molar-refractivity contribution in [3.63, 3.8) is 0 Å². The summed E-state index contributed by atoms with van der Waals surface area (Å²) < 4.78 is 5.24. The Bertz CT molecular complexity index is 1310. The van der Waals surface area contributed by atoms with Gasteiger partial charge in [-0.25, -0.2) is 4.79 Å². The molecule has 34 heavy (non-hydrogen) atoms. The van der Waals surface area contributed by atoms with E-state index in [-0.39, 0.29) is 37.4 Å². The van der Waals surface area contributed by atoms with Crippen molar-refractivity contribution < 1.29 is 24.0 Å². The number of anilines is 1. The third-order valence-corrected chi connectivity index (χ3v) is 5.80. The summed E-state index contributed by atoms with van der Waals surface area (Å²) in [5.74, 6) is -2.27. The van der Waals surface area contributed by atoms with Crippen LogP contribution in [-0.4, -0.2) is 28.7 Å². The highest BCUT2D eigenvalue weighted by Crippen LogP contribution is 2.30. The second-order valence-corrected chi connectivity index (χ2v) is 8.13. The Hall–Kier alpha value is -3.46. The molecule has 8 nitrogen and oxygen atoms in total. The van der Waals surface area contributed by atoms with Crippen LogP contribution < -0.4 is 5.32 Å². The molecule has 0 aliphatic heterocycles. The molecule has 0 aromatic heterocycles. The van der Waals surface area contributed by atoms with Crippen LogP contribution >= 0.6 is 34.8 Å². The number of carbonyl (C=O) groups excluding carboxylic acids is 3. The molecule has 1 N–H and O–H groups in total. The zero-order valence-corrected chi connectivity index (χ0v) is 19.6. The lowest BCUT2D eigenvalue weighted by atomic mass is 9.98. The molecule has 0 aliphatic rings. The maximum absolute atomic E-state index is 13.0. The molecule has 0 saturated heterocycles. The van der Waals surface area contributed by atoms with Gasteiger partial charge in [-0.15, -0.1) is 0 Å². The number of nitro groups is 1. The van der Waals surface area contributed by atoms with Crippen molar-refractivity contribution in [2.75, 3.05) is 5.32 Å². The lowest BCUT2D eigenvalue weighted by Gasteiger charge is -2.15. The first-order valence-corrected chi connectivity index (χ1v) is 10.8. The number of benzene rings is 3. The van der Waals surface area contributed by atoms with Crippen LogP contribution in [0.4, 0.5) is 11.4 Å². The molecule has 0 radical (unpaired) electrons. The van der Waals surface area contributed by atoms with Gasteiger partial charge in [-0.1, -0.05) is 59.1 Å². The van der Waals surface area contributed by atoms with Crippen LogP contribution in [0.15, 0.2) is 60.7 Å². The third-order valence-electron chi connectivity index (χ3n) is 4.66. The van der Waals surface area contributed by atoms with Crippen molar-refractivity contribution >= 4 is 63.8 Å². The maximum atomic E-state index is 13.0. The summed E-state index contributed by atoms with van der Waals surface area (Å²) >= 11 is 17.8. The molecule has 0 aliphatic carbocycles. The minimum atomic E-state index is -1.25. The summed E-state index contributed by atoms with van der Waals surface area (Å²) in [4.78, 5) is 48.7. The molecule has 0 spiro atoms. The molecular weight excluding hydrogens is 507 g/mol. The minimum absolute atomic E-state index is 0.0438. The van der Waals surface area contributed by atoms with E-state index in [1.54, 1.807) is 12.1 Å². The van der Waals surface area contributed by atoms with Crippen LogP contribution in [0.5, 0.6) is 0 Å². The van der Waals surface area contributed by atoms with Crippen LogP contribution in [0.2, 0.25) is 15.1 Å². The average Bonchev–Trinajstić information content (AvgIpc) is 2.81. The van der Waals surface area contributed by atoms with E-state index in [4.69, 9.17) is 39.5 Å². The van der Waals surface area contributed by atoms with Gasteiger partial charge in [0.25, 0.3) is 11.6 Å². The first-order valence-electron chi connectivity index (χ1n) is 9.63. The SMILES string of the molecule is C[C@H](OC(=O)c1ccccc1C(=O)c1ccc(Cl)c([N+](=O)[O-])c1)C(=O)Nc1cccc(Cl)c1Cl. The molecular formula is C23H15Cl3N2O6. The number of ether oxygens (including phenoxy) is 1. The summed E-state index contributed by atoms with van der Waals surface area (Å²) in [6, 6.07) is 14.0. The van der Waals surface area contributed by atoms with Crippen LogP contribution in [0.3, 0.4) is 0 Å². The zero-order chi connectivity index (χ0) is 25.0. The molecule has 0 bridgehead atoms. The van der Waals surface area contributed by atoms with Crippen LogP contribution in [0.1, 0.15) is 33.2 Å². The summed E-state index contributed by atoms with van der Waals surface area (Å²) in [5, 5.41) is 13.9. The predicted octanol–water partition coefficient (Wildman–Crippen LogP) is 5.97. The third kappa shape index (κ3) is 5.53. The number of nitrogens with one attached hydrogen (secondary N) is 1. The number of hydrogen-bond acceptors (Lipinski definition) is 6. The van der Waals surface area contributed by atoms with E-state index in [0.717, 1.165) is 6.07 Å². The summed E-state index contributed by atoms with van der Waals surface area (Å²) in [6.07, 6.45) is -1.25. The Morgan fingerprint density at radius 3 is 2.29 bits per heavy atom. The Morgan fingerprint density at radius 1 is 0.941 bits per heavy atom. The average molecular weight is 522 g/mol. The Balaban J connectivity index is 1.81. The summed E-state index contributed by atoms with van der Waals surface area (Å²) in [6.45, 7) is 1.35. The van der Waals surface area contributed by atoms with Gasteiger partial charge < -0.3 is 10.1 Å². The molecule has 0 heterocycles. The fourth-order valence-corrected chi connectivity index (χ4v) is 3.46. The number of amides is 1. The fourth-order valence-electron chi connectivity index (χ4n) is 2.92. The molecule has 174 valence electrons. The van der Waals surface area contributed by atoms with Crippen LogP contribution in [0, 0.1) is 10.1 Å². The number of rotatable bonds is 7. The number of ketones is 1. The van der Waals surface area contributed by atoms with Gasteiger partial charge >= 0.3 is 5.97 Å². The first-order chi connectivity index (χ1) is 16.1. The minimum Gasteiger partial charge on any atom is -0.449 e. The van der Waals surface area contributed by atoms with Gasteiger partial charge in [0.15, 0.2) is 11.9 Å². The van der Waals surface area contributed by atoms with Crippen molar-refractivity contribution in [1.29, 1.82) is 0 Å². The molecule has 1 atom stereocenters. The monoisotopic (exact) mass is 520 g/mol. The zero-order valence-electron chi connectivity index (χ0n) is 17.4. The van der Waals surface area contributed by atoms with E-state index in [1.807, 2.05) is 0 Å². The number of esters is 1. The van der Waals surface area contributed by atoms with Gasteiger partial charge in [0.05, 0.1) is 26.2 Å². The summed E-state index contributed by atoms with van der Waals surface area (Å²) in [7, 11) is 0. The van der Waals surface area contributed by atoms with E-state index >= 15 is 0 Å². The second-order valence-electron chi connectivity index (χ2n) is 6.94. The van der Waals surface area contributed by atoms with Crippen molar-refractivity contribution in [3.05, 3.63) is 103 Å². The highest BCUT2D eigenvalue weighted by atomic mass is 35.5. The lowest BCUT2D eigenvalue weighted by molar-refractivity contribution is -0.384. The Labute approximate surface area is 208 Å². The van der Waals surface area contributed by atoms with Gasteiger partial charge in [-0.05, 0) is 37.3 Å². The molecule has 3 aromatic rings. The highest BCUT2D eigenvalue weighted by Gasteiger charge is 2.25. The van der Waals surface area contributed by atoms with E-state index in [0.29, 0.717) is 0 Å². The van der Waals surface area contributed by atoms with Gasteiger partial charge in [-0.3, -0.25) is 19.7 Å². The Kier molecular flexibility index (Phi) is 7.88. The maximum Gasteiger partial charge on any atom is 0.339 e. The van der Waals surface area contributed by atoms with Crippen molar-refractivity contribution in [2.45, 2.75) is 13.0 Å². The first kappa shape index (κ1) is 25.2. The van der Waals surface area contributed by atoms with E-state index in [9.17, 15) is 24.5 Å². The molecule has 11 heteroatoms. The van der Waals surface area contributed by atoms with E-state index in [1.165, 1.54) is 49.4 Å². The Morgan fingerprint density at radius 2 is 1.62 bits per heavy atom. The standard InChI is InChI=1S/C23H15Cl3N2O6/c1-12(22(30)27-18-8-4-7-17(25)20(18)26)34-23(31)15-6-3-2-5-14(15)21(29)13-9-10-16(24)19(11-13)28(32)33/h2-12H,1H3,(H,27,30)/t12-/m0/s1. The molecule has 0 saturated carbocycles. The van der Waals surface area contributed by atoms with Crippen LogP contribution in [0.25, 0.3) is 0 Å². The quantitative estimate of drug-likeness (QED) is 0.177.